The van der Waals surface area contributed by atoms with Crippen molar-refractivity contribution in [2.75, 3.05) is 36.8 Å². The van der Waals surface area contributed by atoms with Crippen molar-refractivity contribution in [1.29, 1.82) is 0 Å². The van der Waals surface area contributed by atoms with Gasteiger partial charge in [-0.3, -0.25) is 19.3 Å². The van der Waals surface area contributed by atoms with Gasteiger partial charge in [-0.25, -0.2) is 0 Å². The summed E-state index contributed by atoms with van der Waals surface area (Å²) in [6, 6.07) is 6.61. The van der Waals surface area contributed by atoms with E-state index in [1.807, 2.05) is 23.6 Å². The van der Waals surface area contributed by atoms with Crippen LogP contribution in [0.5, 0.6) is 0 Å². The molecule has 160 valence electrons. The van der Waals surface area contributed by atoms with Gasteiger partial charge in [0.05, 0.1) is 12.6 Å². The minimum Gasteiger partial charge on any atom is -0.341 e. The average Bonchev–Trinajstić information content (AvgIpc) is 2.65. The number of nitrogens with zero attached hydrogens (tertiary/aromatic N) is 2. The third-order valence-corrected chi connectivity index (χ3v) is 5.33. The first-order valence-corrected chi connectivity index (χ1v) is 10.4. The van der Waals surface area contributed by atoms with Crippen LogP contribution < -0.4 is 10.6 Å². The van der Waals surface area contributed by atoms with E-state index in [4.69, 9.17) is 0 Å². The lowest BCUT2D eigenvalue weighted by molar-refractivity contribution is -0.139. The third-order valence-electron chi connectivity index (χ3n) is 5.33. The largest absolute Gasteiger partial charge is 0.341 e. The normalized spacial score (nSPS) is 20.3. The van der Waals surface area contributed by atoms with E-state index in [0.717, 1.165) is 19.5 Å². The summed E-state index contributed by atoms with van der Waals surface area (Å²) in [6.45, 7) is 12.0. The van der Waals surface area contributed by atoms with Crippen molar-refractivity contribution in [1.82, 2.24) is 9.80 Å². The second-order valence-corrected chi connectivity index (χ2v) is 8.24. The van der Waals surface area contributed by atoms with Gasteiger partial charge in [0, 0.05) is 31.4 Å². The molecular weight excluding hydrogens is 368 g/mol. The van der Waals surface area contributed by atoms with Gasteiger partial charge in [-0.05, 0) is 56.0 Å². The van der Waals surface area contributed by atoms with Crippen molar-refractivity contribution in [3.05, 3.63) is 24.3 Å². The van der Waals surface area contributed by atoms with E-state index < -0.39 is 0 Å². The molecule has 0 spiro atoms. The lowest BCUT2D eigenvalue weighted by Gasteiger charge is -2.38. The first-order valence-electron chi connectivity index (χ1n) is 10.4. The Morgan fingerprint density at radius 1 is 1.07 bits per heavy atom. The number of hydrogen-bond donors (Lipinski definition) is 2. The second kappa shape index (κ2) is 10.4. The molecule has 0 aliphatic carbocycles. The number of anilines is 2. The van der Waals surface area contributed by atoms with E-state index >= 15 is 0 Å². The monoisotopic (exact) mass is 402 g/mol. The molecule has 7 nitrogen and oxygen atoms in total. The summed E-state index contributed by atoms with van der Waals surface area (Å²) < 4.78 is 0. The van der Waals surface area contributed by atoms with Gasteiger partial charge in [0.1, 0.15) is 0 Å². The first-order chi connectivity index (χ1) is 13.7. The van der Waals surface area contributed by atoms with Gasteiger partial charge in [0.15, 0.2) is 0 Å². The molecule has 1 heterocycles. The highest BCUT2D eigenvalue weighted by Gasteiger charge is 2.31. The number of carbonyl (C=O) groups excluding carboxylic acids is 3. The van der Waals surface area contributed by atoms with Crippen LogP contribution in [-0.4, -0.2) is 59.7 Å². The maximum atomic E-state index is 13.0. The zero-order valence-electron chi connectivity index (χ0n) is 18.2. The van der Waals surface area contributed by atoms with E-state index in [1.165, 1.54) is 6.92 Å². The van der Waals surface area contributed by atoms with Crippen LogP contribution in [0.2, 0.25) is 0 Å². The fraction of sp³-hybridized carbons (Fsp3) is 0.591. The summed E-state index contributed by atoms with van der Waals surface area (Å²) >= 11 is 0. The van der Waals surface area contributed by atoms with Gasteiger partial charge in [0.2, 0.25) is 17.7 Å². The van der Waals surface area contributed by atoms with Crippen LogP contribution >= 0.6 is 0 Å². The summed E-state index contributed by atoms with van der Waals surface area (Å²) in [6.07, 6.45) is 1.15. The van der Waals surface area contributed by atoms with Crippen molar-refractivity contribution in [3.63, 3.8) is 0 Å². The van der Waals surface area contributed by atoms with Crippen LogP contribution in [0.1, 0.15) is 41.0 Å². The van der Waals surface area contributed by atoms with Crippen LogP contribution in [0.3, 0.4) is 0 Å². The summed E-state index contributed by atoms with van der Waals surface area (Å²) in [7, 11) is 0. The van der Waals surface area contributed by atoms with Gasteiger partial charge in [-0.15, -0.1) is 0 Å². The molecule has 1 fully saturated rings. The Labute approximate surface area is 173 Å². The molecule has 3 amide bonds. The number of likely N-dealkylation sites (N-methyl/N-ethyl adjacent to an activating group) is 1. The Balaban J connectivity index is 1.92. The van der Waals surface area contributed by atoms with Crippen LogP contribution in [0.15, 0.2) is 24.3 Å². The highest BCUT2D eigenvalue weighted by Crippen LogP contribution is 2.22. The van der Waals surface area contributed by atoms with Crippen LogP contribution in [-0.2, 0) is 14.4 Å². The standard InChI is InChI=1S/C22H34N4O3/c1-6-25(17(4)22(29)26-12-15(2)11-16(3)13-26)14-21(28)24-20-9-7-19(8-10-20)23-18(5)27/h7-10,15-17H,6,11-14H2,1-5H3,(H,23,27)(H,24,28)/t15-,16+,17-/m0/s1. The maximum absolute atomic E-state index is 13.0. The molecule has 29 heavy (non-hydrogen) atoms. The van der Waals surface area contributed by atoms with E-state index in [1.54, 1.807) is 24.3 Å². The smallest absolute Gasteiger partial charge is 0.239 e. The lowest BCUT2D eigenvalue weighted by Crippen LogP contribution is -2.52. The fourth-order valence-corrected chi connectivity index (χ4v) is 4.01. The minimum absolute atomic E-state index is 0.0951. The second-order valence-electron chi connectivity index (χ2n) is 8.24. The maximum Gasteiger partial charge on any atom is 0.239 e. The molecular formula is C22H34N4O3. The summed E-state index contributed by atoms with van der Waals surface area (Å²) in [5.41, 5.74) is 1.33. The molecule has 1 aliphatic heterocycles. The van der Waals surface area contributed by atoms with E-state index in [9.17, 15) is 14.4 Å². The van der Waals surface area contributed by atoms with Crippen molar-refractivity contribution in [2.45, 2.75) is 47.1 Å². The van der Waals surface area contributed by atoms with Crippen LogP contribution in [0.4, 0.5) is 11.4 Å². The van der Waals surface area contributed by atoms with Crippen LogP contribution in [0.25, 0.3) is 0 Å². The van der Waals surface area contributed by atoms with E-state index in [2.05, 4.69) is 24.5 Å². The fourth-order valence-electron chi connectivity index (χ4n) is 4.01. The number of rotatable bonds is 7. The van der Waals surface area contributed by atoms with Crippen molar-refractivity contribution >= 4 is 29.1 Å². The number of hydrogen-bond acceptors (Lipinski definition) is 4. The van der Waals surface area contributed by atoms with Crippen LogP contribution in [0, 0.1) is 11.8 Å². The topological polar surface area (TPSA) is 81.8 Å². The number of benzene rings is 1. The molecule has 0 aromatic heterocycles. The quantitative estimate of drug-likeness (QED) is 0.735. The zero-order valence-corrected chi connectivity index (χ0v) is 18.2. The molecule has 3 atom stereocenters. The van der Waals surface area contributed by atoms with Crippen molar-refractivity contribution < 1.29 is 14.4 Å². The molecule has 0 bridgehead atoms. The number of nitrogens with one attached hydrogen (secondary N) is 2. The molecule has 2 N–H and O–H groups in total. The number of likely N-dealkylation sites (tertiary alicyclic amines) is 1. The molecule has 1 aliphatic rings. The Hall–Kier alpha value is -2.41. The molecule has 7 heteroatoms. The summed E-state index contributed by atoms with van der Waals surface area (Å²) in [5, 5.41) is 5.55. The highest BCUT2D eigenvalue weighted by molar-refractivity contribution is 5.93. The minimum atomic E-state index is -0.342. The first kappa shape index (κ1) is 22.9. The molecule has 2 rings (SSSR count). The third kappa shape index (κ3) is 6.85. The summed E-state index contributed by atoms with van der Waals surface area (Å²) in [4.78, 5) is 40.4. The Bertz CT molecular complexity index is 709. The Morgan fingerprint density at radius 3 is 2.07 bits per heavy atom. The number of piperidine rings is 1. The van der Waals surface area contributed by atoms with Crippen molar-refractivity contribution in [3.8, 4) is 0 Å². The van der Waals surface area contributed by atoms with Gasteiger partial charge in [-0.2, -0.15) is 0 Å². The average molecular weight is 403 g/mol. The number of amides is 3. The molecule has 0 saturated carbocycles. The molecule has 1 aromatic carbocycles. The predicted octanol–water partition coefficient (Wildman–Crippen LogP) is 2.80. The molecule has 0 radical (unpaired) electrons. The lowest BCUT2D eigenvalue weighted by atomic mass is 9.91. The molecule has 1 saturated heterocycles. The molecule has 1 aromatic rings. The van der Waals surface area contributed by atoms with E-state index in [-0.39, 0.29) is 30.3 Å². The van der Waals surface area contributed by atoms with E-state index in [0.29, 0.717) is 29.8 Å². The van der Waals surface area contributed by atoms with Gasteiger partial charge in [0.25, 0.3) is 0 Å². The Kier molecular flexibility index (Phi) is 8.20. The highest BCUT2D eigenvalue weighted by atomic mass is 16.2. The zero-order chi connectivity index (χ0) is 21.6. The predicted molar refractivity (Wildman–Crippen MR) is 116 cm³/mol. The number of carbonyl (C=O) groups is 3. The van der Waals surface area contributed by atoms with Gasteiger partial charge < -0.3 is 15.5 Å². The molecule has 0 unspecified atom stereocenters. The Morgan fingerprint density at radius 2 is 1.59 bits per heavy atom. The SMILES string of the molecule is CCN(CC(=O)Nc1ccc(NC(C)=O)cc1)[C@@H](C)C(=O)N1C[C@H](C)C[C@H](C)C1. The summed E-state index contributed by atoms with van der Waals surface area (Å²) in [5.74, 6) is 0.802. The van der Waals surface area contributed by atoms with Gasteiger partial charge in [-0.1, -0.05) is 20.8 Å². The van der Waals surface area contributed by atoms with Crippen molar-refractivity contribution in [2.24, 2.45) is 11.8 Å². The van der Waals surface area contributed by atoms with Gasteiger partial charge >= 0.3 is 0 Å².